The molecular formula is C18H21N5O9. The van der Waals surface area contributed by atoms with Gasteiger partial charge in [0.2, 0.25) is 5.95 Å². The average Bonchev–Trinajstić information content (AvgIpc) is 3.18. The first-order valence-corrected chi connectivity index (χ1v) is 9.41. The molecule has 0 saturated carbocycles. The van der Waals surface area contributed by atoms with E-state index in [2.05, 4.69) is 15.0 Å². The van der Waals surface area contributed by atoms with E-state index in [4.69, 9.17) is 24.7 Å². The third-order valence-corrected chi connectivity index (χ3v) is 4.49. The van der Waals surface area contributed by atoms with Crippen LogP contribution in [0.4, 0.5) is 5.95 Å². The predicted octanol–water partition coefficient (Wildman–Crippen LogP) is -0.772. The van der Waals surface area contributed by atoms with Crippen molar-refractivity contribution < 1.29 is 38.1 Å². The van der Waals surface area contributed by atoms with Crippen LogP contribution in [0.25, 0.3) is 11.2 Å². The molecule has 2 aromatic heterocycles. The second-order valence-corrected chi connectivity index (χ2v) is 7.00. The van der Waals surface area contributed by atoms with Crippen molar-refractivity contribution in [1.82, 2.24) is 19.5 Å². The van der Waals surface area contributed by atoms with Gasteiger partial charge in [0.05, 0.1) is 0 Å². The molecule has 1 saturated heterocycles. The maximum absolute atomic E-state index is 12.6. The summed E-state index contributed by atoms with van der Waals surface area (Å²) in [5, 5.41) is 0. The molecule has 0 unspecified atom stereocenters. The van der Waals surface area contributed by atoms with E-state index >= 15 is 0 Å². The summed E-state index contributed by atoms with van der Waals surface area (Å²) in [6, 6.07) is 0. The minimum absolute atomic E-state index is 0.144. The maximum atomic E-state index is 12.6. The zero-order chi connectivity index (χ0) is 23.7. The van der Waals surface area contributed by atoms with Crippen LogP contribution < -0.4 is 11.3 Å². The fourth-order valence-corrected chi connectivity index (χ4v) is 3.42. The number of nitrogens with zero attached hydrogens (tertiary/aromatic N) is 3. The van der Waals surface area contributed by atoms with Gasteiger partial charge in [0.25, 0.3) is 5.56 Å². The Morgan fingerprint density at radius 1 is 1.03 bits per heavy atom. The topological polar surface area (TPSA) is 195 Å². The van der Waals surface area contributed by atoms with Crippen molar-refractivity contribution >= 4 is 40.8 Å². The fraction of sp³-hybridized carbons (Fsp3) is 0.500. The highest BCUT2D eigenvalue weighted by atomic mass is 16.7. The number of aromatic nitrogens is 4. The van der Waals surface area contributed by atoms with Crippen LogP contribution in [0.3, 0.4) is 0 Å². The van der Waals surface area contributed by atoms with E-state index < -0.39 is 53.8 Å². The summed E-state index contributed by atoms with van der Waals surface area (Å²) in [6.45, 7) is 4.26. The second kappa shape index (κ2) is 8.74. The number of hydrogen-bond donors (Lipinski definition) is 2. The van der Waals surface area contributed by atoms with E-state index in [1.807, 2.05) is 0 Å². The van der Waals surface area contributed by atoms with Gasteiger partial charge >= 0.3 is 17.9 Å². The van der Waals surface area contributed by atoms with Crippen molar-refractivity contribution in [2.24, 2.45) is 0 Å². The number of aromatic amines is 1. The highest BCUT2D eigenvalue weighted by molar-refractivity contribution is 5.94. The van der Waals surface area contributed by atoms with Gasteiger partial charge in [-0.05, 0) is 0 Å². The number of ketones is 1. The number of imidazole rings is 1. The molecule has 172 valence electrons. The van der Waals surface area contributed by atoms with Gasteiger partial charge in [-0.2, -0.15) is 4.98 Å². The van der Waals surface area contributed by atoms with Gasteiger partial charge in [0.15, 0.2) is 41.2 Å². The first-order chi connectivity index (χ1) is 15.0. The van der Waals surface area contributed by atoms with E-state index in [-0.39, 0.29) is 29.5 Å². The summed E-state index contributed by atoms with van der Waals surface area (Å²) >= 11 is 0. The number of nitrogen functional groups attached to an aromatic ring is 1. The maximum Gasteiger partial charge on any atom is 0.303 e. The number of carbonyl (C=O) groups excluding carboxylic acids is 4. The van der Waals surface area contributed by atoms with Gasteiger partial charge in [-0.1, -0.05) is 0 Å². The lowest BCUT2D eigenvalue weighted by Crippen LogP contribution is -2.41. The molecule has 0 bridgehead atoms. The third-order valence-electron chi connectivity index (χ3n) is 4.49. The Kier molecular flexibility index (Phi) is 6.25. The summed E-state index contributed by atoms with van der Waals surface area (Å²) in [5.41, 5.74) is 4.51. The van der Waals surface area contributed by atoms with Gasteiger partial charge < -0.3 is 24.7 Å². The number of Topliss-reactive ketones (excluding diaryl/α,β-unsaturated/α-hetero) is 1. The number of fused-ring (bicyclic) bond motifs is 1. The minimum atomic E-state index is -1.35. The monoisotopic (exact) mass is 451 g/mol. The molecule has 0 aromatic carbocycles. The zero-order valence-corrected chi connectivity index (χ0v) is 17.6. The molecule has 32 heavy (non-hydrogen) atoms. The lowest BCUT2D eigenvalue weighted by atomic mass is 10.1. The van der Waals surface area contributed by atoms with Crippen molar-refractivity contribution in [3.05, 3.63) is 16.2 Å². The Bertz CT molecular complexity index is 1150. The average molecular weight is 451 g/mol. The largest absolute Gasteiger partial charge is 0.463 e. The molecule has 3 N–H and O–H groups in total. The van der Waals surface area contributed by atoms with Crippen LogP contribution in [0, 0.1) is 0 Å². The highest BCUT2D eigenvalue weighted by Gasteiger charge is 2.52. The lowest BCUT2D eigenvalue weighted by Gasteiger charge is -2.24. The molecule has 0 amide bonds. The van der Waals surface area contributed by atoms with Crippen molar-refractivity contribution in [2.75, 3.05) is 12.3 Å². The lowest BCUT2D eigenvalue weighted by molar-refractivity contribution is -0.166. The molecule has 1 aliphatic heterocycles. The Morgan fingerprint density at radius 2 is 1.66 bits per heavy atom. The predicted molar refractivity (Wildman–Crippen MR) is 104 cm³/mol. The van der Waals surface area contributed by atoms with Gasteiger partial charge in [-0.25, -0.2) is 4.98 Å². The number of nitrogens with two attached hydrogens (primary N) is 1. The first-order valence-electron chi connectivity index (χ1n) is 9.41. The summed E-state index contributed by atoms with van der Waals surface area (Å²) in [6.07, 6.45) is -4.97. The van der Waals surface area contributed by atoms with Gasteiger partial charge in [-0.15, -0.1) is 0 Å². The van der Waals surface area contributed by atoms with Crippen LogP contribution in [0.5, 0.6) is 0 Å². The fourth-order valence-electron chi connectivity index (χ4n) is 3.42. The Labute approximate surface area is 180 Å². The quantitative estimate of drug-likeness (QED) is 0.317. The molecule has 14 nitrogen and oxygen atoms in total. The molecule has 0 spiro atoms. The third kappa shape index (κ3) is 4.44. The van der Waals surface area contributed by atoms with Crippen LogP contribution in [-0.2, 0) is 33.3 Å². The molecule has 3 rings (SSSR count). The van der Waals surface area contributed by atoms with Crippen LogP contribution in [0.1, 0.15) is 44.5 Å². The Morgan fingerprint density at radius 3 is 2.22 bits per heavy atom. The SMILES string of the molecule is CC(=O)OC[C@H]1O[C@H](n2c(C(C)=O)nc3nc(N)[nH]c(=O)c32)[C@@H](OC(C)=O)[C@H]1OC(C)=O. The summed E-state index contributed by atoms with van der Waals surface area (Å²) < 4.78 is 22.6. The van der Waals surface area contributed by atoms with Crippen molar-refractivity contribution in [1.29, 1.82) is 0 Å². The van der Waals surface area contributed by atoms with E-state index in [1.165, 1.54) is 13.8 Å². The smallest absolute Gasteiger partial charge is 0.303 e. The number of H-pyrrole nitrogens is 1. The zero-order valence-electron chi connectivity index (χ0n) is 17.6. The number of nitrogens with one attached hydrogen (secondary N) is 1. The number of rotatable bonds is 6. The minimum Gasteiger partial charge on any atom is -0.463 e. The number of esters is 3. The molecule has 3 heterocycles. The summed E-state index contributed by atoms with van der Waals surface area (Å²) in [5.74, 6) is -3.12. The molecule has 0 radical (unpaired) electrons. The highest BCUT2D eigenvalue weighted by Crippen LogP contribution is 2.36. The van der Waals surface area contributed by atoms with Crippen molar-refractivity contribution in [2.45, 2.75) is 52.2 Å². The standard InChI is InChI=1S/C18H21N5O9/c1-6(24)15-20-14-11(16(28)22-18(19)21-14)23(15)17-13(31-9(4)27)12(30-8(3)26)10(32-17)5-29-7(2)25/h10,12-13,17H,5H2,1-4H3,(H3,19,21,22,28)/t10-,12+,13+,17+/m1/s1. The summed E-state index contributed by atoms with van der Waals surface area (Å²) in [4.78, 5) is 70.0. The first kappa shape index (κ1) is 22.9. The van der Waals surface area contributed by atoms with E-state index in [0.717, 1.165) is 18.4 Å². The number of anilines is 1. The number of hydrogen-bond acceptors (Lipinski definition) is 12. The normalized spacial score (nSPS) is 22.5. The molecular weight excluding hydrogens is 430 g/mol. The van der Waals surface area contributed by atoms with Crippen LogP contribution >= 0.6 is 0 Å². The Hall–Kier alpha value is -3.81. The van der Waals surface area contributed by atoms with Crippen molar-refractivity contribution in [3.63, 3.8) is 0 Å². The van der Waals surface area contributed by atoms with Gasteiger partial charge in [0.1, 0.15) is 12.7 Å². The van der Waals surface area contributed by atoms with E-state index in [0.29, 0.717) is 0 Å². The van der Waals surface area contributed by atoms with E-state index in [9.17, 15) is 24.0 Å². The van der Waals surface area contributed by atoms with Crippen molar-refractivity contribution in [3.8, 4) is 0 Å². The molecule has 2 aromatic rings. The van der Waals surface area contributed by atoms with Crippen LogP contribution in [0.15, 0.2) is 4.79 Å². The number of ether oxygens (including phenoxy) is 4. The molecule has 1 fully saturated rings. The Balaban J connectivity index is 2.20. The van der Waals surface area contributed by atoms with Gasteiger partial charge in [-0.3, -0.25) is 33.5 Å². The molecule has 14 heteroatoms. The molecule has 0 aliphatic carbocycles. The second-order valence-electron chi connectivity index (χ2n) is 7.00. The number of carbonyl (C=O) groups is 4. The van der Waals surface area contributed by atoms with Crippen LogP contribution in [-0.4, -0.2) is 68.1 Å². The van der Waals surface area contributed by atoms with E-state index in [1.54, 1.807) is 0 Å². The molecule has 4 atom stereocenters. The van der Waals surface area contributed by atoms with Crippen LogP contribution in [0.2, 0.25) is 0 Å². The summed E-state index contributed by atoms with van der Waals surface area (Å²) in [7, 11) is 0. The molecule has 1 aliphatic rings. The van der Waals surface area contributed by atoms with Gasteiger partial charge in [0, 0.05) is 27.7 Å².